The van der Waals surface area contributed by atoms with Gasteiger partial charge in [-0.15, -0.1) is 0 Å². The molecule has 1 aromatic heterocycles. The van der Waals surface area contributed by atoms with E-state index < -0.39 is 0 Å². The number of anilines is 1. The van der Waals surface area contributed by atoms with Crippen molar-refractivity contribution in [1.29, 1.82) is 0 Å². The minimum absolute atomic E-state index is 0.0518. The van der Waals surface area contributed by atoms with Crippen LogP contribution in [0.3, 0.4) is 0 Å². The molecule has 3 unspecified atom stereocenters. The zero-order valence-electron chi connectivity index (χ0n) is 14.5. The smallest absolute Gasteiger partial charge is 0.129 e. The largest absolute Gasteiger partial charge is 0.353 e. The SMILES string of the molecule is CC1CC(C)C(C)N(c2cc(CN)cc(C(C)(C)C)n2)C1. The van der Waals surface area contributed by atoms with Crippen LogP contribution in [-0.2, 0) is 12.0 Å². The van der Waals surface area contributed by atoms with Crippen molar-refractivity contribution in [2.45, 2.75) is 66.0 Å². The number of aromatic nitrogens is 1. The second-order valence-electron chi connectivity index (χ2n) is 7.88. The number of pyridine rings is 1. The molecule has 1 aliphatic heterocycles. The summed E-state index contributed by atoms with van der Waals surface area (Å²) in [5, 5.41) is 0. The van der Waals surface area contributed by atoms with Crippen molar-refractivity contribution in [3.8, 4) is 0 Å². The highest BCUT2D eigenvalue weighted by molar-refractivity contribution is 5.45. The Morgan fingerprint density at radius 1 is 1.24 bits per heavy atom. The standard InChI is InChI=1S/C18H31N3/c1-12-7-13(2)14(3)21(11-12)17-9-15(10-19)8-16(20-17)18(4,5)6/h8-9,12-14H,7,10-11,19H2,1-6H3. The lowest BCUT2D eigenvalue weighted by Crippen LogP contribution is -2.46. The Morgan fingerprint density at radius 2 is 1.90 bits per heavy atom. The number of hydrogen-bond acceptors (Lipinski definition) is 3. The molecular weight excluding hydrogens is 258 g/mol. The van der Waals surface area contributed by atoms with E-state index in [2.05, 4.69) is 58.6 Å². The van der Waals surface area contributed by atoms with E-state index in [9.17, 15) is 0 Å². The zero-order chi connectivity index (χ0) is 15.8. The lowest BCUT2D eigenvalue weighted by Gasteiger charge is -2.42. The van der Waals surface area contributed by atoms with Gasteiger partial charge in [0, 0.05) is 30.2 Å². The molecule has 0 spiro atoms. The first-order valence-corrected chi connectivity index (χ1v) is 8.20. The predicted octanol–water partition coefficient (Wildman–Crippen LogP) is 3.71. The van der Waals surface area contributed by atoms with Crippen LogP contribution in [-0.4, -0.2) is 17.6 Å². The topological polar surface area (TPSA) is 42.1 Å². The molecule has 1 fully saturated rings. The molecule has 3 heteroatoms. The second kappa shape index (κ2) is 5.96. The first-order chi connectivity index (χ1) is 9.72. The molecule has 0 aliphatic carbocycles. The molecule has 0 amide bonds. The monoisotopic (exact) mass is 289 g/mol. The van der Waals surface area contributed by atoms with Gasteiger partial charge in [-0.3, -0.25) is 0 Å². The summed E-state index contributed by atoms with van der Waals surface area (Å²) in [6.07, 6.45) is 1.31. The van der Waals surface area contributed by atoms with Crippen molar-refractivity contribution in [2.24, 2.45) is 17.6 Å². The van der Waals surface area contributed by atoms with Crippen LogP contribution in [0.5, 0.6) is 0 Å². The molecule has 3 nitrogen and oxygen atoms in total. The van der Waals surface area contributed by atoms with Crippen molar-refractivity contribution in [1.82, 2.24) is 4.98 Å². The van der Waals surface area contributed by atoms with Gasteiger partial charge >= 0.3 is 0 Å². The summed E-state index contributed by atoms with van der Waals surface area (Å²) < 4.78 is 0. The van der Waals surface area contributed by atoms with Crippen molar-refractivity contribution in [3.05, 3.63) is 23.4 Å². The maximum absolute atomic E-state index is 5.90. The van der Waals surface area contributed by atoms with E-state index in [4.69, 9.17) is 10.7 Å². The number of rotatable bonds is 2. The summed E-state index contributed by atoms with van der Waals surface area (Å²) in [6, 6.07) is 4.87. The summed E-state index contributed by atoms with van der Waals surface area (Å²) >= 11 is 0. The highest BCUT2D eigenvalue weighted by atomic mass is 15.2. The first kappa shape index (κ1) is 16.3. The maximum Gasteiger partial charge on any atom is 0.129 e. The van der Waals surface area contributed by atoms with E-state index in [1.807, 2.05) is 0 Å². The molecule has 21 heavy (non-hydrogen) atoms. The molecule has 0 aromatic carbocycles. The third-order valence-corrected chi connectivity index (χ3v) is 4.77. The van der Waals surface area contributed by atoms with Crippen LogP contribution < -0.4 is 10.6 Å². The third kappa shape index (κ3) is 3.57. The Bertz CT molecular complexity index is 490. The van der Waals surface area contributed by atoms with E-state index in [0.29, 0.717) is 18.5 Å². The summed E-state index contributed by atoms with van der Waals surface area (Å²) in [6.45, 7) is 15.3. The van der Waals surface area contributed by atoms with Gasteiger partial charge in [0.15, 0.2) is 0 Å². The van der Waals surface area contributed by atoms with Gasteiger partial charge < -0.3 is 10.6 Å². The summed E-state index contributed by atoms with van der Waals surface area (Å²) in [4.78, 5) is 7.45. The molecule has 1 aliphatic rings. The Labute approximate surface area is 129 Å². The molecule has 1 aromatic rings. The lowest BCUT2D eigenvalue weighted by atomic mass is 9.85. The number of piperidine rings is 1. The number of nitrogens with two attached hydrogens (primary N) is 1. The van der Waals surface area contributed by atoms with E-state index >= 15 is 0 Å². The highest BCUT2D eigenvalue weighted by Crippen LogP contribution is 2.32. The van der Waals surface area contributed by atoms with Crippen LogP contribution in [0.2, 0.25) is 0 Å². The molecular formula is C18H31N3. The van der Waals surface area contributed by atoms with Gasteiger partial charge in [-0.2, -0.15) is 0 Å². The number of hydrogen-bond donors (Lipinski definition) is 1. The van der Waals surface area contributed by atoms with E-state index in [0.717, 1.165) is 24.0 Å². The Morgan fingerprint density at radius 3 is 2.48 bits per heavy atom. The molecule has 0 radical (unpaired) electrons. The fourth-order valence-electron chi connectivity index (χ4n) is 3.24. The second-order valence-corrected chi connectivity index (χ2v) is 7.88. The average Bonchev–Trinajstić information content (AvgIpc) is 2.41. The van der Waals surface area contributed by atoms with Crippen molar-refractivity contribution < 1.29 is 0 Å². The first-order valence-electron chi connectivity index (χ1n) is 8.20. The predicted molar refractivity (Wildman–Crippen MR) is 90.6 cm³/mol. The van der Waals surface area contributed by atoms with Gasteiger partial charge in [0.1, 0.15) is 5.82 Å². The Hall–Kier alpha value is -1.09. The quantitative estimate of drug-likeness (QED) is 0.902. The van der Waals surface area contributed by atoms with Crippen LogP contribution in [0.4, 0.5) is 5.82 Å². The van der Waals surface area contributed by atoms with Gasteiger partial charge in [0.25, 0.3) is 0 Å². The van der Waals surface area contributed by atoms with E-state index in [-0.39, 0.29) is 5.41 Å². The van der Waals surface area contributed by atoms with Crippen molar-refractivity contribution in [2.75, 3.05) is 11.4 Å². The molecule has 2 heterocycles. The van der Waals surface area contributed by atoms with E-state index in [1.165, 1.54) is 12.0 Å². The molecule has 1 saturated heterocycles. The summed E-state index contributed by atoms with van der Waals surface area (Å²) in [7, 11) is 0. The van der Waals surface area contributed by atoms with Crippen LogP contribution >= 0.6 is 0 Å². The molecule has 3 atom stereocenters. The minimum atomic E-state index is 0.0518. The fourth-order valence-corrected chi connectivity index (χ4v) is 3.24. The van der Waals surface area contributed by atoms with Gasteiger partial charge in [-0.25, -0.2) is 4.98 Å². The molecule has 2 rings (SSSR count). The molecule has 118 valence electrons. The van der Waals surface area contributed by atoms with Crippen LogP contribution in [0.15, 0.2) is 12.1 Å². The third-order valence-electron chi connectivity index (χ3n) is 4.77. The Kier molecular flexibility index (Phi) is 4.62. The summed E-state index contributed by atoms with van der Waals surface area (Å²) in [5.74, 6) is 2.53. The molecule has 0 saturated carbocycles. The van der Waals surface area contributed by atoms with Gasteiger partial charge in [0.2, 0.25) is 0 Å². The maximum atomic E-state index is 5.90. The molecule has 0 bridgehead atoms. The van der Waals surface area contributed by atoms with Crippen LogP contribution in [0, 0.1) is 11.8 Å². The number of nitrogens with zero attached hydrogens (tertiary/aromatic N) is 2. The zero-order valence-corrected chi connectivity index (χ0v) is 14.5. The van der Waals surface area contributed by atoms with Gasteiger partial charge in [-0.05, 0) is 42.9 Å². The summed E-state index contributed by atoms with van der Waals surface area (Å²) in [5.41, 5.74) is 8.28. The Balaban J connectivity index is 2.42. The minimum Gasteiger partial charge on any atom is -0.353 e. The normalized spacial score (nSPS) is 27.0. The van der Waals surface area contributed by atoms with Crippen molar-refractivity contribution in [3.63, 3.8) is 0 Å². The average molecular weight is 289 g/mol. The highest BCUT2D eigenvalue weighted by Gasteiger charge is 2.30. The molecule has 2 N–H and O–H groups in total. The van der Waals surface area contributed by atoms with Gasteiger partial charge in [-0.1, -0.05) is 34.6 Å². The van der Waals surface area contributed by atoms with E-state index in [1.54, 1.807) is 0 Å². The van der Waals surface area contributed by atoms with Crippen molar-refractivity contribution >= 4 is 5.82 Å². The lowest BCUT2D eigenvalue weighted by molar-refractivity contribution is 0.295. The fraction of sp³-hybridized carbons (Fsp3) is 0.722. The van der Waals surface area contributed by atoms with Gasteiger partial charge in [0.05, 0.1) is 0 Å². The van der Waals surface area contributed by atoms with Crippen LogP contribution in [0.25, 0.3) is 0 Å². The van der Waals surface area contributed by atoms with Crippen LogP contribution in [0.1, 0.15) is 59.2 Å².